The average molecular weight is 779 g/mol. The maximum Gasteiger partial charge on any atom is 0.306 e. The molecule has 0 bridgehead atoms. The number of unbranched alkanes of at least 4 members (excludes halogenated alkanes) is 26. The van der Waals surface area contributed by atoms with Crippen LogP contribution in [0, 0.1) is 11.8 Å². The summed E-state index contributed by atoms with van der Waals surface area (Å²) in [5.41, 5.74) is 0. The second-order valence-corrected chi connectivity index (χ2v) is 17.2. The molecule has 0 aromatic carbocycles. The zero-order valence-electron chi connectivity index (χ0n) is 37.6. The van der Waals surface area contributed by atoms with Crippen LogP contribution in [0.2, 0.25) is 0 Å². The van der Waals surface area contributed by atoms with Gasteiger partial charge in [-0.2, -0.15) is 0 Å². The fourth-order valence-corrected chi connectivity index (χ4v) is 7.22. The van der Waals surface area contributed by atoms with Crippen molar-refractivity contribution < 1.29 is 28.6 Å². The highest BCUT2D eigenvalue weighted by molar-refractivity contribution is 5.71. The monoisotopic (exact) mass is 779 g/mol. The van der Waals surface area contributed by atoms with E-state index in [1.807, 2.05) is 0 Å². The van der Waals surface area contributed by atoms with Gasteiger partial charge < -0.3 is 14.2 Å². The van der Waals surface area contributed by atoms with E-state index in [-0.39, 0.29) is 31.1 Å². The third-order valence-electron chi connectivity index (χ3n) is 11.7. The lowest BCUT2D eigenvalue weighted by Crippen LogP contribution is -2.30. The van der Waals surface area contributed by atoms with Gasteiger partial charge >= 0.3 is 17.9 Å². The van der Waals surface area contributed by atoms with E-state index in [9.17, 15) is 14.4 Å². The molecule has 2 unspecified atom stereocenters. The highest BCUT2D eigenvalue weighted by atomic mass is 16.6. The van der Waals surface area contributed by atoms with E-state index in [4.69, 9.17) is 14.2 Å². The number of esters is 3. The van der Waals surface area contributed by atoms with Crippen molar-refractivity contribution in [1.29, 1.82) is 0 Å². The van der Waals surface area contributed by atoms with Crippen molar-refractivity contribution >= 4 is 17.9 Å². The molecule has 6 nitrogen and oxygen atoms in total. The number of rotatable bonds is 43. The summed E-state index contributed by atoms with van der Waals surface area (Å²) >= 11 is 0. The summed E-state index contributed by atoms with van der Waals surface area (Å²) in [6.07, 6.45) is 40.7. The van der Waals surface area contributed by atoms with E-state index in [0.29, 0.717) is 19.3 Å². The number of ether oxygens (including phenoxy) is 3. The van der Waals surface area contributed by atoms with Crippen LogP contribution < -0.4 is 0 Å². The van der Waals surface area contributed by atoms with Gasteiger partial charge in [-0.05, 0) is 31.1 Å². The van der Waals surface area contributed by atoms with E-state index >= 15 is 0 Å². The van der Waals surface area contributed by atoms with Gasteiger partial charge in [-0.3, -0.25) is 14.4 Å². The Kier molecular flexibility index (Phi) is 40.8. The Morgan fingerprint density at radius 3 is 0.945 bits per heavy atom. The predicted octanol–water partition coefficient (Wildman–Crippen LogP) is 15.4. The van der Waals surface area contributed by atoms with Gasteiger partial charge in [-0.25, -0.2) is 0 Å². The zero-order valence-corrected chi connectivity index (χ0v) is 37.6. The molecular weight excluding hydrogens is 685 g/mol. The molecule has 0 radical (unpaired) electrons. The van der Waals surface area contributed by atoms with Gasteiger partial charge in [-0.1, -0.05) is 227 Å². The van der Waals surface area contributed by atoms with Crippen LogP contribution >= 0.6 is 0 Å². The van der Waals surface area contributed by atoms with Gasteiger partial charge in [0.05, 0.1) is 0 Å². The van der Waals surface area contributed by atoms with Crippen LogP contribution in [0.25, 0.3) is 0 Å². The topological polar surface area (TPSA) is 78.9 Å². The summed E-state index contributed by atoms with van der Waals surface area (Å²) < 4.78 is 16.8. The quantitative estimate of drug-likeness (QED) is 0.0348. The molecule has 0 heterocycles. The predicted molar refractivity (Wildman–Crippen MR) is 233 cm³/mol. The summed E-state index contributed by atoms with van der Waals surface area (Å²) in [7, 11) is 0. The first-order valence-electron chi connectivity index (χ1n) is 24.3. The molecular formula is C49H94O6. The standard InChI is InChI=1S/C49H94O6/c1-6-9-10-11-12-13-14-19-26-31-36-41-49(52)55-46(43-54-48(51)40-35-30-25-21-20-23-28-33-38-45(5)8-3)42-53-47(50)39-34-29-24-18-16-15-17-22-27-32-37-44(4)7-2/h44-46H,6-43H2,1-5H3/t44?,45?,46-/m1/s1. The summed E-state index contributed by atoms with van der Waals surface area (Å²) in [6.45, 7) is 11.4. The molecule has 0 spiro atoms. The van der Waals surface area contributed by atoms with E-state index in [1.54, 1.807) is 0 Å². The van der Waals surface area contributed by atoms with E-state index in [2.05, 4.69) is 34.6 Å². The minimum absolute atomic E-state index is 0.0647. The smallest absolute Gasteiger partial charge is 0.306 e. The maximum absolute atomic E-state index is 12.7. The van der Waals surface area contributed by atoms with Crippen LogP contribution in [0.4, 0.5) is 0 Å². The van der Waals surface area contributed by atoms with Gasteiger partial charge in [0.2, 0.25) is 0 Å². The molecule has 6 heteroatoms. The van der Waals surface area contributed by atoms with Crippen LogP contribution in [0.1, 0.15) is 266 Å². The molecule has 0 rings (SSSR count). The van der Waals surface area contributed by atoms with Crippen LogP contribution in [-0.2, 0) is 28.6 Å². The van der Waals surface area contributed by atoms with E-state index in [1.165, 1.54) is 154 Å². The lowest BCUT2D eigenvalue weighted by Gasteiger charge is -2.18. The lowest BCUT2D eigenvalue weighted by molar-refractivity contribution is -0.167. The Morgan fingerprint density at radius 1 is 0.364 bits per heavy atom. The molecule has 326 valence electrons. The molecule has 0 aliphatic heterocycles. The number of hydrogen-bond donors (Lipinski definition) is 0. The van der Waals surface area contributed by atoms with Crippen molar-refractivity contribution in [1.82, 2.24) is 0 Å². The SMILES string of the molecule is CCCCCCCCCCCCCC(=O)O[C@H](COC(=O)CCCCCCCCCCCCC(C)CC)COC(=O)CCCCCCCCCCC(C)CC. The zero-order chi connectivity index (χ0) is 40.5. The van der Waals surface area contributed by atoms with Crippen LogP contribution in [0.15, 0.2) is 0 Å². The average Bonchev–Trinajstić information content (AvgIpc) is 3.18. The third-order valence-corrected chi connectivity index (χ3v) is 11.7. The lowest BCUT2D eigenvalue weighted by atomic mass is 9.99. The maximum atomic E-state index is 12.7. The normalized spacial score (nSPS) is 13.0. The highest BCUT2D eigenvalue weighted by Crippen LogP contribution is 2.18. The minimum atomic E-state index is -0.761. The molecule has 0 saturated carbocycles. The summed E-state index contributed by atoms with van der Waals surface area (Å²) in [6, 6.07) is 0. The molecule has 0 N–H and O–H groups in total. The number of hydrogen-bond acceptors (Lipinski definition) is 6. The summed E-state index contributed by atoms with van der Waals surface area (Å²) in [4.78, 5) is 37.8. The Balaban J connectivity index is 4.33. The molecule has 0 aliphatic rings. The number of carbonyl (C=O) groups is 3. The van der Waals surface area contributed by atoms with Crippen LogP contribution in [-0.4, -0.2) is 37.2 Å². The first-order chi connectivity index (χ1) is 26.8. The summed E-state index contributed by atoms with van der Waals surface area (Å²) in [5, 5.41) is 0. The largest absolute Gasteiger partial charge is 0.462 e. The molecule has 0 fully saturated rings. The van der Waals surface area contributed by atoms with Crippen molar-refractivity contribution in [2.75, 3.05) is 13.2 Å². The van der Waals surface area contributed by atoms with Gasteiger partial charge in [0.15, 0.2) is 6.10 Å². The van der Waals surface area contributed by atoms with E-state index < -0.39 is 6.10 Å². The Hall–Kier alpha value is -1.59. The highest BCUT2D eigenvalue weighted by Gasteiger charge is 2.19. The second-order valence-electron chi connectivity index (χ2n) is 17.2. The Labute approximate surface area is 342 Å². The Morgan fingerprint density at radius 2 is 0.636 bits per heavy atom. The molecule has 0 amide bonds. The molecule has 0 aliphatic carbocycles. The van der Waals surface area contributed by atoms with Crippen LogP contribution in [0.3, 0.4) is 0 Å². The van der Waals surface area contributed by atoms with Gasteiger partial charge in [0, 0.05) is 19.3 Å². The van der Waals surface area contributed by atoms with E-state index in [0.717, 1.165) is 69.6 Å². The van der Waals surface area contributed by atoms with Gasteiger partial charge in [-0.15, -0.1) is 0 Å². The molecule has 0 aromatic rings. The molecule has 55 heavy (non-hydrogen) atoms. The number of carbonyl (C=O) groups excluding carboxylic acids is 3. The fourth-order valence-electron chi connectivity index (χ4n) is 7.22. The van der Waals surface area contributed by atoms with Crippen LogP contribution in [0.5, 0.6) is 0 Å². The molecule has 0 saturated heterocycles. The van der Waals surface area contributed by atoms with Crippen molar-refractivity contribution in [2.45, 2.75) is 272 Å². The van der Waals surface area contributed by atoms with Crippen molar-refractivity contribution in [3.8, 4) is 0 Å². The first-order valence-corrected chi connectivity index (χ1v) is 24.3. The minimum Gasteiger partial charge on any atom is -0.462 e. The molecule has 3 atom stereocenters. The second kappa shape index (κ2) is 42.0. The fraction of sp³-hybridized carbons (Fsp3) is 0.939. The Bertz CT molecular complexity index is 843. The van der Waals surface area contributed by atoms with Gasteiger partial charge in [0.1, 0.15) is 13.2 Å². The van der Waals surface area contributed by atoms with Crippen molar-refractivity contribution in [3.63, 3.8) is 0 Å². The summed E-state index contributed by atoms with van der Waals surface area (Å²) in [5.74, 6) is 0.863. The molecule has 0 aromatic heterocycles. The van der Waals surface area contributed by atoms with Gasteiger partial charge in [0.25, 0.3) is 0 Å². The first kappa shape index (κ1) is 53.4. The van der Waals surface area contributed by atoms with Crippen molar-refractivity contribution in [3.05, 3.63) is 0 Å². The third kappa shape index (κ3) is 40.4. The van der Waals surface area contributed by atoms with Crippen molar-refractivity contribution in [2.24, 2.45) is 11.8 Å².